The molecule has 0 radical (unpaired) electrons. The van der Waals surface area contributed by atoms with Crippen LogP contribution in [0.25, 0.3) is 0 Å². The van der Waals surface area contributed by atoms with Crippen LogP contribution in [0, 0.1) is 5.41 Å². The minimum Gasteiger partial charge on any atom is -0.481 e. The zero-order chi connectivity index (χ0) is 21.9. The molecule has 2 N–H and O–H groups in total. The quantitative estimate of drug-likeness (QED) is 0.451. The molecule has 2 aromatic rings. The third kappa shape index (κ3) is 5.76. The minimum absolute atomic E-state index is 0.159. The lowest BCUT2D eigenvalue weighted by Crippen LogP contribution is -2.38. The standard InChI is InChI=1S/C21H26BrN3O3S2/c1-21(2,18(26)27)12-29-17-11-23-19(30-17)24-20(28)25(3)16-9-6-14(10-16)13-4-7-15(22)8-5-13/h4-5,7-8,11,14,16H,6,9-10,12H2,1-3H3,(H,26,27)(H,23,24,28). The molecule has 1 aromatic carbocycles. The molecule has 0 aliphatic heterocycles. The molecular formula is C21H26BrN3O3S2. The fourth-order valence-electron chi connectivity index (χ4n) is 3.39. The Morgan fingerprint density at radius 1 is 1.33 bits per heavy atom. The number of hydrogen-bond donors (Lipinski definition) is 2. The summed E-state index contributed by atoms with van der Waals surface area (Å²) in [6, 6.07) is 8.47. The van der Waals surface area contributed by atoms with Gasteiger partial charge >= 0.3 is 12.0 Å². The summed E-state index contributed by atoms with van der Waals surface area (Å²) in [7, 11) is 1.84. The van der Waals surface area contributed by atoms with Crippen LogP contribution in [0.3, 0.4) is 0 Å². The van der Waals surface area contributed by atoms with Crippen molar-refractivity contribution in [3.63, 3.8) is 0 Å². The first-order valence-electron chi connectivity index (χ1n) is 9.77. The number of thioether (sulfide) groups is 1. The van der Waals surface area contributed by atoms with Gasteiger partial charge in [-0.05, 0) is 56.7 Å². The summed E-state index contributed by atoms with van der Waals surface area (Å²) in [5, 5.41) is 12.6. The molecule has 2 atom stereocenters. The number of hydrogen-bond acceptors (Lipinski definition) is 5. The van der Waals surface area contributed by atoms with Crippen LogP contribution < -0.4 is 5.32 Å². The Labute approximate surface area is 193 Å². The van der Waals surface area contributed by atoms with Gasteiger partial charge in [0.2, 0.25) is 0 Å². The number of thiazole rings is 1. The summed E-state index contributed by atoms with van der Waals surface area (Å²) in [5.74, 6) is 0.0867. The predicted octanol–water partition coefficient (Wildman–Crippen LogP) is 5.91. The fraction of sp³-hybridized carbons (Fsp3) is 0.476. The van der Waals surface area contributed by atoms with Crippen molar-refractivity contribution in [2.24, 2.45) is 5.41 Å². The predicted molar refractivity (Wildman–Crippen MR) is 126 cm³/mol. The molecule has 0 saturated heterocycles. The number of aromatic nitrogens is 1. The van der Waals surface area contributed by atoms with Crippen LogP contribution in [0.2, 0.25) is 0 Å². The molecule has 1 aromatic heterocycles. The molecule has 9 heteroatoms. The van der Waals surface area contributed by atoms with Crippen LogP contribution in [-0.4, -0.2) is 45.8 Å². The van der Waals surface area contributed by atoms with E-state index in [2.05, 4.69) is 50.5 Å². The van der Waals surface area contributed by atoms with Gasteiger partial charge in [-0.1, -0.05) is 39.4 Å². The van der Waals surface area contributed by atoms with E-state index in [1.807, 2.05) is 7.05 Å². The number of aliphatic carboxylic acids is 1. The van der Waals surface area contributed by atoms with Gasteiger partial charge in [-0.3, -0.25) is 10.1 Å². The summed E-state index contributed by atoms with van der Waals surface area (Å²) in [6.07, 6.45) is 4.69. The van der Waals surface area contributed by atoms with Crippen LogP contribution in [-0.2, 0) is 4.79 Å². The highest BCUT2D eigenvalue weighted by molar-refractivity contribution is 9.10. The van der Waals surface area contributed by atoms with Crippen LogP contribution in [0.4, 0.5) is 9.93 Å². The van der Waals surface area contributed by atoms with E-state index in [1.165, 1.54) is 28.7 Å². The number of urea groups is 1. The normalized spacial score (nSPS) is 18.9. The molecule has 1 fully saturated rings. The lowest BCUT2D eigenvalue weighted by Gasteiger charge is -2.24. The zero-order valence-electron chi connectivity index (χ0n) is 17.2. The van der Waals surface area contributed by atoms with Gasteiger partial charge in [0, 0.05) is 23.3 Å². The van der Waals surface area contributed by atoms with Crippen molar-refractivity contribution in [3.8, 4) is 0 Å². The number of carbonyl (C=O) groups is 2. The highest BCUT2D eigenvalue weighted by atomic mass is 79.9. The first kappa shape index (κ1) is 23.1. The van der Waals surface area contributed by atoms with Crippen molar-refractivity contribution >= 4 is 56.2 Å². The summed E-state index contributed by atoms with van der Waals surface area (Å²) < 4.78 is 1.96. The number of halogens is 1. The van der Waals surface area contributed by atoms with E-state index in [-0.39, 0.29) is 12.1 Å². The van der Waals surface area contributed by atoms with E-state index in [0.29, 0.717) is 16.8 Å². The Morgan fingerprint density at radius 3 is 2.70 bits per heavy atom. The minimum atomic E-state index is -0.826. The van der Waals surface area contributed by atoms with Crippen LogP contribution >= 0.6 is 39.0 Å². The SMILES string of the molecule is CN(C(=O)Nc1ncc(SCC(C)(C)C(=O)O)s1)C1CCC(c2ccc(Br)cc2)C1. The Hall–Kier alpha value is -1.58. The molecule has 6 nitrogen and oxygen atoms in total. The average molecular weight is 512 g/mol. The maximum absolute atomic E-state index is 12.7. The zero-order valence-corrected chi connectivity index (χ0v) is 20.4. The molecule has 0 bridgehead atoms. The molecule has 3 rings (SSSR count). The maximum Gasteiger partial charge on any atom is 0.323 e. The average Bonchev–Trinajstić information content (AvgIpc) is 3.36. The van der Waals surface area contributed by atoms with Crippen LogP contribution in [0.1, 0.15) is 44.6 Å². The van der Waals surface area contributed by atoms with E-state index in [4.69, 9.17) is 0 Å². The van der Waals surface area contributed by atoms with Gasteiger partial charge in [-0.2, -0.15) is 0 Å². The Kier molecular flexibility index (Phi) is 7.47. The lowest BCUT2D eigenvalue weighted by molar-refractivity contribution is -0.145. The number of carboxylic acid groups (broad SMARTS) is 1. The molecule has 2 unspecified atom stereocenters. The van der Waals surface area contributed by atoms with E-state index >= 15 is 0 Å². The summed E-state index contributed by atoms with van der Waals surface area (Å²) >= 11 is 6.28. The number of nitrogens with zero attached hydrogens (tertiary/aromatic N) is 2. The maximum atomic E-state index is 12.7. The molecule has 2 amide bonds. The summed E-state index contributed by atoms with van der Waals surface area (Å²) in [4.78, 5) is 30.0. The highest BCUT2D eigenvalue weighted by Crippen LogP contribution is 2.37. The van der Waals surface area contributed by atoms with E-state index < -0.39 is 11.4 Å². The van der Waals surface area contributed by atoms with Crippen LogP contribution in [0.5, 0.6) is 0 Å². The smallest absolute Gasteiger partial charge is 0.323 e. The van der Waals surface area contributed by atoms with Gasteiger partial charge in [0.15, 0.2) is 5.13 Å². The van der Waals surface area contributed by atoms with Crippen molar-refractivity contribution in [3.05, 3.63) is 40.5 Å². The highest BCUT2D eigenvalue weighted by Gasteiger charge is 2.31. The first-order chi connectivity index (χ1) is 14.2. The molecule has 162 valence electrons. The van der Waals surface area contributed by atoms with E-state index in [9.17, 15) is 14.7 Å². The topological polar surface area (TPSA) is 82.5 Å². The van der Waals surface area contributed by atoms with E-state index in [1.54, 1.807) is 24.9 Å². The lowest BCUT2D eigenvalue weighted by atomic mass is 9.97. The van der Waals surface area contributed by atoms with Crippen molar-refractivity contribution in [1.29, 1.82) is 0 Å². The number of carbonyl (C=O) groups excluding carboxylic acids is 1. The molecule has 0 spiro atoms. The molecule has 1 aliphatic rings. The molecule has 1 heterocycles. The second kappa shape index (κ2) is 9.70. The largest absolute Gasteiger partial charge is 0.481 e. The summed E-state index contributed by atoms with van der Waals surface area (Å²) in [6.45, 7) is 3.40. The Balaban J connectivity index is 1.52. The van der Waals surface area contributed by atoms with Crippen molar-refractivity contribution in [1.82, 2.24) is 9.88 Å². The molecule has 1 saturated carbocycles. The van der Waals surface area contributed by atoms with E-state index in [0.717, 1.165) is 27.9 Å². The van der Waals surface area contributed by atoms with Crippen LogP contribution in [0.15, 0.2) is 39.1 Å². The monoisotopic (exact) mass is 511 g/mol. The third-order valence-corrected chi connectivity index (χ3v) is 8.56. The van der Waals surface area contributed by atoms with Gasteiger partial charge in [-0.15, -0.1) is 11.8 Å². The van der Waals surface area contributed by atoms with Crippen molar-refractivity contribution < 1.29 is 14.7 Å². The van der Waals surface area contributed by atoms with Gasteiger partial charge in [0.1, 0.15) is 0 Å². The van der Waals surface area contributed by atoms with Crippen molar-refractivity contribution in [2.45, 2.75) is 49.3 Å². The fourth-order valence-corrected chi connectivity index (χ4v) is 5.60. The second-order valence-corrected chi connectivity index (χ2v) is 11.4. The van der Waals surface area contributed by atoms with Gasteiger partial charge in [0.05, 0.1) is 15.8 Å². The number of anilines is 1. The number of rotatable bonds is 7. The number of nitrogens with one attached hydrogen (secondary N) is 1. The van der Waals surface area contributed by atoms with Gasteiger partial charge < -0.3 is 10.0 Å². The van der Waals surface area contributed by atoms with Crippen molar-refractivity contribution in [2.75, 3.05) is 18.1 Å². The second-order valence-electron chi connectivity index (χ2n) is 8.22. The first-order valence-corrected chi connectivity index (χ1v) is 12.4. The third-order valence-electron chi connectivity index (χ3n) is 5.47. The molecule has 1 aliphatic carbocycles. The summed E-state index contributed by atoms with van der Waals surface area (Å²) in [5.41, 5.74) is 0.506. The number of carboxylic acids is 1. The van der Waals surface area contributed by atoms with Gasteiger partial charge in [-0.25, -0.2) is 9.78 Å². The Morgan fingerprint density at radius 2 is 2.03 bits per heavy atom. The number of amides is 2. The number of benzene rings is 1. The molecule has 30 heavy (non-hydrogen) atoms. The molecular weight excluding hydrogens is 486 g/mol. The van der Waals surface area contributed by atoms with Gasteiger partial charge in [0.25, 0.3) is 0 Å². The Bertz CT molecular complexity index is 901.